The van der Waals surface area contributed by atoms with Crippen LogP contribution in [0, 0.1) is 0 Å². The molecule has 0 aromatic heterocycles. The zero-order valence-corrected chi connectivity index (χ0v) is 65.4. The summed E-state index contributed by atoms with van der Waals surface area (Å²) in [4.78, 5) is 0. The fraction of sp³-hybridized carbons (Fsp3) is 0.802. The van der Waals surface area contributed by atoms with Crippen molar-refractivity contribution in [3.63, 3.8) is 0 Å². The van der Waals surface area contributed by atoms with Crippen molar-refractivity contribution < 1.29 is 28.4 Å². The molecule has 0 atom stereocenters. The van der Waals surface area contributed by atoms with Crippen LogP contribution in [0.5, 0.6) is 34.5 Å². The quantitative estimate of drug-likeness (QED) is 0.0415. The molecule has 0 N–H and O–H groups in total. The van der Waals surface area contributed by atoms with Crippen molar-refractivity contribution in [1.29, 1.82) is 0 Å². The molecule has 0 aliphatic carbocycles. The van der Waals surface area contributed by atoms with E-state index in [4.69, 9.17) is 28.4 Å². The Morgan fingerprint density at radius 2 is 0.299 bits per heavy atom. The molecule has 6 nitrogen and oxygen atoms in total. The van der Waals surface area contributed by atoms with E-state index in [0.29, 0.717) is 39.6 Å². The second kappa shape index (κ2) is 67.0. The van der Waals surface area contributed by atoms with Crippen LogP contribution in [0.3, 0.4) is 0 Å². The predicted octanol–water partition coefficient (Wildman–Crippen LogP) is 30.7. The highest BCUT2D eigenvalue weighted by Crippen LogP contribution is 2.43. The van der Waals surface area contributed by atoms with E-state index < -0.39 is 0 Å². The maximum atomic E-state index is 6.95. The normalized spacial score (nSPS) is 11.5. The average molecular weight is 1350 g/mol. The molecule has 6 heteroatoms. The number of ether oxygens (including phenoxy) is 6. The van der Waals surface area contributed by atoms with Gasteiger partial charge in [-0.2, -0.15) is 0 Å². The van der Waals surface area contributed by atoms with Crippen LogP contribution in [0.1, 0.15) is 449 Å². The standard InChI is InChI=1S/C91H160O6/c1-7-13-19-25-31-37-43-49-55-61-73-92-85-70-67-82(79-88(85)95-76-64-58-52-46-40-34-28-22-16-10-4)91(83-68-71-86(93-74-62-56-50-44-38-32-26-20-14-8-2)89(80-83)96-77-65-59-53-47-41-35-29-23-17-11-5)84-69-72-87(94-75-63-57-51-45-39-33-27-21-15-9-3)90(81-84)97-78-66-60-54-48-42-36-30-24-18-12-6/h67-72,79-81,91H,7-66,73-78H2,1-6H3. The lowest BCUT2D eigenvalue weighted by Gasteiger charge is -2.24. The van der Waals surface area contributed by atoms with E-state index in [0.717, 1.165) is 73.0 Å². The van der Waals surface area contributed by atoms with Gasteiger partial charge in [0, 0.05) is 5.92 Å². The Kier molecular flexibility index (Phi) is 60.5. The summed E-state index contributed by atoms with van der Waals surface area (Å²) < 4.78 is 41.2. The summed E-state index contributed by atoms with van der Waals surface area (Å²) in [6.45, 7) is 18.0. The summed E-state index contributed by atoms with van der Waals surface area (Å²) >= 11 is 0. The Bertz CT molecular complexity index is 1900. The molecule has 0 aliphatic heterocycles. The number of rotatable bonds is 75. The van der Waals surface area contributed by atoms with Gasteiger partial charge in [-0.3, -0.25) is 0 Å². The molecule has 0 unspecified atom stereocenters. The van der Waals surface area contributed by atoms with Gasteiger partial charge in [-0.15, -0.1) is 0 Å². The third kappa shape index (κ3) is 48.1. The third-order valence-corrected chi connectivity index (χ3v) is 20.4. The maximum absolute atomic E-state index is 6.95. The zero-order valence-electron chi connectivity index (χ0n) is 65.4. The van der Waals surface area contributed by atoms with Gasteiger partial charge in [-0.25, -0.2) is 0 Å². The summed E-state index contributed by atoms with van der Waals surface area (Å²) in [5.41, 5.74) is 3.51. The van der Waals surface area contributed by atoms with Crippen molar-refractivity contribution in [1.82, 2.24) is 0 Å². The second-order valence-electron chi connectivity index (χ2n) is 29.7. The molecule has 0 heterocycles. The second-order valence-corrected chi connectivity index (χ2v) is 29.7. The van der Waals surface area contributed by atoms with Crippen LogP contribution in [0.25, 0.3) is 0 Å². The Labute approximate surface area is 603 Å². The summed E-state index contributed by atoms with van der Waals surface area (Å²) in [5.74, 6) is 4.99. The van der Waals surface area contributed by atoms with Gasteiger partial charge in [0.25, 0.3) is 0 Å². The summed E-state index contributed by atoms with van der Waals surface area (Å²) in [5, 5.41) is 0. The summed E-state index contributed by atoms with van der Waals surface area (Å²) in [7, 11) is 0. The molecular weight excluding hydrogens is 1190 g/mol. The molecule has 0 radical (unpaired) electrons. The highest BCUT2D eigenvalue weighted by molar-refractivity contribution is 5.55. The molecule has 0 saturated heterocycles. The van der Waals surface area contributed by atoms with Gasteiger partial charge >= 0.3 is 0 Å². The molecule has 0 aliphatic rings. The van der Waals surface area contributed by atoms with E-state index in [1.54, 1.807) is 0 Å². The van der Waals surface area contributed by atoms with Gasteiger partial charge in [0.05, 0.1) is 39.6 Å². The number of hydrogen-bond donors (Lipinski definition) is 0. The lowest BCUT2D eigenvalue weighted by molar-refractivity contribution is 0.257. The number of unbranched alkanes of at least 4 members (excludes halogenated alkanes) is 54. The Balaban J connectivity index is 2.05. The van der Waals surface area contributed by atoms with E-state index in [9.17, 15) is 0 Å². The van der Waals surface area contributed by atoms with Crippen molar-refractivity contribution in [2.24, 2.45) is 0 Å². The first-order valence-corrected chi connectivity index (χ1v) is 43.3. The van der Waals surface area contributed by atoms with Gasteiger partial charge in [0.15, 0.2) is 34.5 Å². The smallest absolute Gasteiger partial charge is 0.161 e. The van der Waals surface area contributed by atoms with Crippen LogP contribution in [-0.4, -0.2) is 39.6 Å². The highest BCUT2D eigenvalue weighted by atomic mass is 16.5. The largest absolute Gasteiger partial charge is 0.490 e. The van der Waals surface area contributed by atoms with Crippen LogP contribution in [0.15, 0.2) is 54.6 Å². The van der Waals surface area contributed by atoms with E-state index in [2.05, 4.69) is 96.1 Å². The van der Waals surface area contributed by atoms with Gasteiger partial charge in [0.2, 0.25) is 0 Å². The minimum atomic E-state index is -0.151. The molecule has 0 fully saturated rings. The first-order valence-electron chi connectivity index (χ1n) is 43.3. The lowest BCUT2D eigenvalue weighted by atomic mass is 9.84. The van der Waals surface area contributed by atoms with Crippen LogP contribution in [0.2, 0.25) is 0 Å². The van der Waals surface area contributed by atoms with Crippen molar-refractivity contribution >= 4 is 0 Å². The fourth-order valence-corrected chi connectivity index (χ4v) is 14.0. The Morgan fingerprint density at radius 3 is 0.454 bits per heavy atom. The van der Waals surface area contributed by atoms with Crippen molar-refractivity contribution in [2.75, 3.05) is 39.6 Å². The van der Waals surface area contributed by atoms with Crippen LogP contribution in [-0.2, 0) is 0 Å². The van der Waals surface area contributed by atoms with Crippen LogP contribution < -0.4 is 28.4 Å². The van der Waals surface area contributed by atoms with Gasteiger partial charge in [-0.1, -0.05) is 406 Å². The summed E-state index contributed by atoms with van der Waals surface area (Å²) in [6, 6.07) is 20.5. The zero-order chi connectivity index (χ0) is 69.0. The minimum Gasteiger partial charge on any atom is -0.490 e. The Morgan fingerprint density at radius 1 is 0.165 bits per heavy atom. The molecule has 560 valence electrons. The topological polar surface area (TPSA) is 55.4 Å². The number of benzene rings is 3. The lowest BCUT2D eigenvalue weighted by Crippen LogP contribution is -2.09. The SMILES string of the molecule is CCCCCCCCCCCCOc1ccc(C(c2ccc(OCCCCCCCCCCCC)c(OCCCCCCCCCCCC)c2)c2ccc(OCCCCCCCCCCCC)c(OCCCCCCCCCCCC)c2)cc1OCCCCCCCCCCCC. The van der Waals surface area contributed by atoms with E-state index >= 15 is 0 Å². The Hall–Kier alpha value is -3.54. The monoisotopic (exact) mass is 1350 g/mol. The summed E-state index contributed by atoms with van der Waals surface area (Å²) in [6.07, 6.45) is 78.1. The van der Waals surface area contributed by atoms with Crippen molar-refractivity contribution in [3.8, 4) is 34.5 Å². The molecule has 3 rings (SSSR count). The first kappa shape index (κ1) is 87.7. The first-order chi connectivity index (χ1) is 48.1. The highest BCUT2D eigenvalue weighted by Gasteiger charge is 2.24. The van der Waals surface area contributed by atoms with Gasteiger partial charge in [0.1, 0.15) is 0 Å². The fourth-order valence-electron chi connectivity index (χ4n) is 14.0. The van der Waals surface area contributed by atoms with E-state index in [1.165, 1.54) is 363 Å². The van der Waals surface area contributed by atoms with Crippen LogP contribution in [0.4, 0.5) is 0 Å². The average Bonchev–Trinajstić information content (AvgIpc) is 0.791. The van der Waals surface area contributed by atoms with Gasteiger partial charge in [-0.05, 0) is 91.6 Å². The predicted molar refractivity (Wildman–Crippen MR) is 424 cm³/mol. The van der Waals surface area contributed by atoms with E-state index in [-0.39, 0.29) is 5.92 Å². The molecule has 97 heavy (non-hydrogen) atoms. The molecular formula is C91H160O6. The van der Waals surface area contributed by atoms with Crippen LogP contribution >= 0.6 is 0 Å². The van der Waals surface area contributed by atoms with E-state index in [1.807, 2.05) is 0 Å². The van der Waals surface area contributed by atoms with Crippen molar-refractivity contribution in [3.05, 3.63) is 71.3 Å². The molecule has 0 saturated carbocycles. The van der Waals surface area contributed by atoms with Gasteiger partial charge < -0.3 is 28.4 Å². The maximum Gasteiger partial charge on any atom is 0.161 e. The molecule has 0 amide bonds. The molecule has 3 aromatic carbocycles. The number of hydrogen-bond acceptors (Lipinski definition) is 6. The molecule has 0 bridgehead atoms. The molecule has 0 spiro atoms. The van der Waals surface area contributed by atoms with Crippen molar-refractivity contribution in [2.45, 2.75) is 433 Å². The molecule has 3 aromatic rings. The third-order valence-electron chi connectivity index (χ3n) is 20.4. The minimum absolute atomic E-state index is 0.151.